The number of fused-ring (bicyclic) bond motifs is 2. The molecule has 0 spiro atoms. The number of nitrogen functional groups attached to an aromatic ring is 1. The van der Waals surface area contributed by atoms with Gasteiger partial charge in [-0.2, -0.15) is 5.09 Å². The fourth-order valence-electron chi connectivity index (χ4n) is 4.75. The number of esters is 1. The normalized spacial score (nSPS) is 23.6. The third-order valence-electron chi connectivity index (χ3n) is 6.73. The van der Waals surface area contributed by atoms with Crippen molar-refractivity contribution in [1.29, 1.82) is 0 Å². The first kappa shape index (κ1) is 29.8. The molecule has 0 amide bonds. The van der Waals surface area contributed by atoms with E-state index >= 15 is 0 Å². The predicted molar refractivity (Wildman–Crippen MR) is 152 cm³/mol. The Balaban J connectivity index is 1.42. The predicted octanol–water partition coefficient (Wildman–Crippen LogP) is 2.70. The number of hydrogen-bond donors (Lipinski definition) is 4. The first-order valence-electron chi connectivity index (χ1n) is 13.4. The minimum atomic E-state index is -4.36. The van der Waals surface area contributed by atoms with Gasteiger partial charge in [-0.3, -0.25) is 13.9 Å². The number of nitrogens with two attached hydrogens (primary N) is 1. The van der Waals surface area contributed by atoms with E-state index in [9.17, 15) is 19.6 Å². The van der Waals surface area contributed by atoms with Crippen molar-refractivity contribution in [2.24, 2.45) is 0 Å². The summed E-state index contributed by atoms with van der Waals surface area (Å²) in [5.74, 6) is -0.278. The number of nitrogens with one attached hydrogen (secondary N) is 1. The van der Waals surface area contributed by atoms with E-state index in [1.165, 1.54) is 31.1 Å². The van der Waals surface area contributed by atoms with Gasteiger partial charge in [0, 0.05) is 5.39 Å². The van der Waals surface area contributed by atoms with Gasteiger partial charge in [-0.25, -0.2) is 19.5 Å². The molecule has 14 nitrogen and oxygen atoms in total. The molecule has 3 heterocycles. The number of hydrogen-bond acceptors (Lipinski definition) is 12. The second-order valence-corrected chi connectivity index (χ2v) is 11.9. The van der Waals surface area contributed by atoms with Crippen molar-refractivity contribution < 1.29 is 38.1 Å². The summed E-state index contributed by atoms with van der Waals surface area (Å²) in [4.78, 5) is 24.8. The molecule has 0 saturated carbocycles. The Morgan fingerprint density at radius 3 is 2.57 bits per heavy atom. The maximum Gasteiger partial charge on any atom is 0.459 e. The largest absolute Gasteiger partial charge is 0.462 e. The smallest absolute Gasteiger partial charge is 0.459 e. The van der Waals surface area contributed by atoms with Gasteiger partial charge in [-0.15, -0.1) is 0 Å². The van der Waals surface area contributed by atoms with E-state index in [4.69, 9.17) is 24.3 Å². The number of aromatic nitrogens is 4. The Morgan fingerprint density at radius 2 is 1.81 bits per heavy atom. The number of aliphatic hydroxyl groups is 2. The third-order valence-corrected chi connectivity index (χ3v) is 8.48. The average molecular weight is 601 g/mol. The molecule has 1 aliphatic rings. The highest BCUT2D eigenvalue weighted by atomic mass is 31.2. The van der Waals surface area contributed by atoms with Crippen molar-refractivity contribution in [3.8, 4) is 5.75 Å². The summed E-state index contributed by atoms with van der Waals surface area (Å²) >= 11 is 0. The van der Waals surface area contributed by atoms with Gasteiger partial charge >= 0.3 is 13.7 Å². The molecule has 224 valence electrons. The van der Waals surface area contributed by atoms with E-state index in [2.05, 4.69) is 20.0 Å². The lowest BCUT2D eigenvalue weighted by Crippen LogP contribution is -2.41. The number of carbonyl (C=O) groups is 1. The first-order chi connectivity index (χ1) is 20.0. The number of ether oxygens (including phenoxy) is 2. The van der Waals surface area contributed by atoms with Crippen LogP contribution in [0.5, 0.6) is 5.75 Å². The van der Waals surface area contributed by atoms with Gasteiger partial charge < -0.3 is 29.9 Å². The summed E-state index contributed by atoms with van der Waals surface area (Å²) in [6, 6.07) is 11.5. The van der Waals surface area contributed by atoms with Gasteiger partial charge in [0.05, 0.1) is 18.5 Å². The molecule has 7 atom stereocenters. The zero-order chi connectivity index (χ0) is 30.2. The molecule has 15 heteroatoms. The lowest BCUT2D eigenvalue weighted by molar-refractivity contribution is -0.149. The fraction of sp³-hybridized carbons (Fsp3) is 0.407. The molecule has 2 aromatic heterocycles. The SMILES string of the molecule is CC(C)OC(=O)C(C)NP(=O)(Oc1cccc2ccccc12)OC(C)[C@H]1O[C@@H](n2cnc3c(N)ncnc32)C(O)C1O. The zero-order valence-electron chi connectivity index (χ0n) is 23.4. The van der Waals surface area contributed by atoms with Crippen LogP contribution in [0.25, 0.3) is 21.9 Å². The highest BCUT2D eigenvalue weighted by Gasteiger charge is 2.49. The monoisotopic (exact) mass is 600 g/mol. The summed E-state index contributed by atoms with van der Waals surface area (Å²) in [7, 11) is -4.36. The van der Waals surface area contributed by atoms with Gasteiger partial charge in [0.1, 0.15) is 41.9 Å². The number of benzene rings is 2. The fourth-order valence-corrected chi connectivity index (χ4v) is 6.46. The van der Waals surface area contributed by atoms with E-state index in [1.807, 2.05) is 24.3 Å². The number of imidazole rings is 1. The van der Waals surface area contributed by atoms with Crippen LogP contribution < -0.4 is 15.3 Å². The second kappa shape index (κ2) is 11.9. The van der Waals surface area contributed by atoms with Crippen LogP contribution in [0.1, 0.15) is 33.9 Å². The van der Waals surface area contributed by atoms with Crippen molar-refractivity contribution in [1.82, 2.24) is 24.6 Å². The quantitative estimate of drug-likeness (QED) is 0.153. The van der Waals surface area contributed by atoms with Crippen molar-refractivity contribution in [3.05, 3.63) is 55.1 Å². The van der Waals surface area contributed by atoms with E-state index in [1.54, 1.807) is 32.0 Å². The summed E-state index contributed by atoms with van der Waals surface area (Å²) in [5, 5.41) is 26.0. The molecular weight excluding hydrogens is 567 g/mol. The van der Waals surface area contributed by atoms with Crippen molar-refractivity contribution in [3.63, 3.8) is 0 Å². The topological polar surface area (TPSA) is 193 Å². The summed E-state index contributed by atoms with van der Waals surface area (Å²) in [5.41, 5.74) is 6.47. The second-order valence-electron chi connectivity index (χ2n) is 10.3. The standard InChI is InChI=1S/C27H33N6O8P/c1-14(2)38-27(36)15(3)32-42(37,41-19-11-7-9-17-8-5-6-10-18(17)19)40-16(4)23-21(34)22(35)26(39-23)33-13-31-20-24(28)29-12-30-25(20)33/h5-16,21-23,26,34-35H,1-4H3,(H,32,37)(H2,28,29,30)/t15?,16?,21?,22?,23-,26-,42?/m1/s1. The van der Waals surface area contributed by atoms with E-state index < -0.39 is 56.5 Å². The lowest BCUT2D eigenvalue weighted by atomic mass is 10.1. The van der Waals surface area contributed by atoms with Gasteiger partial charge in [-0.1, -0.05) is 36.4 Å². The van der Waals surface area contributed by atoms with Crippen LogP contribution in [0.15, 0.2) is 55.1 Å². The molecular formula is C27H33N6O8P. The maximum atomic E-state index is 14.3. The first-order valence-corrected chi connectivity index (χ1v) is 14.9. The number of rotatable bonds is 10. The van der Waals surface area contributed by atoms with Crippen molar-refractivity contribution in [2.45, 2.75) is 70.5 Å². The van der Waals surface area contributed by atoms with Gasteiger partial charge in [-0.05, 0) is 39.1 Å². The minimum absolute atomic E-state index is 0.141. The molecule has 2 aromatic carbocycles. The minimum Gasteiger partial charge on any atom is -0.462 e. The molecule has 42 heavy (non-hydrogen) atoms. The van der Waals surface area contributed by atoms with Crippen LogP contribution in [-0.4, -0.2) is 72.3 Å². The number of carbonyl (C=O) groups excluding carboxylic acids is 1. The highest BCUT2D eigenvalue weighted by molar-refractivity contribution is 7.52. The molecule has 1 saturated heterocycles. The number of aliphatic hydroxyl groups excluding tert-OH is 2. The summed E-state index contributed by atoms with van der Waals surface area (Å²) in [6.45, 7) is 6.36. The lowest BCUT2D eigenvalue weighted by Gasteiger charge is -2.29. The Bertz CT molecular complexity index is 1630. The number of anilines is 1. The molecule has 0 bridgehead atoms. The van der Waals surface area contributed by atoms with E-state index in [0.717, 1.165) is 5.39 Å². The molecule has 0 aliphatic carbocycles. The Labute approximate surface area is 241 Å². The molecule has 1 aliphatic heterocycles. The van der Waals surface area contributed by atoms with Crippen molar-refractivity contribution in [2.75, 3.05) is 5.73 Å². The summed E-state index contributed by atoms with van der Waals surface area (Å²) in [6.07, 6.45) is -4.10. The van der Waals surface area contributed by atoms with E-state index in [-0.39, 0.29) is 17.2 Å². The van der Waals surface area contributed by atoms with Gasteiger partial charge in [0.25, 0.3) is 0 Å². The van der Waals surface area contributed by atoms with Crippen LogP contribution in [0.4, 0.5) is 5.82 Å². The number of nitrogens with zero attached hydrogens (tertiary/aromatic N) is 4. The van der Waals surface area contributed by atoms with Crippen molar-refractivity contribution >= 4 is 41.5 Å². The van der Waals surface area contributed by atoms with E-state index in [0.29, 0.717) is 10.9 Å². The maximum absolute atomic E-state index is 14.3. The zero-order valence-corrected chi connectivity index (χ0v) is 24.3. The van der Waals surface area contributed by atoms with Crippen LogP contribution >= 0.6 is 7.75 Å². The third kappa shape index (κ3) is 5.95. The Morgan fingerprint density at radius 1 is 1.07 bits per heavy atom. The average Bonchev–Trinajstić information content (AvgIpc) is 3.50. The van der Waals surface area contributed by atoms with Gasteiger partial charge in [0.2, 0.25) is 0 Å². The van der Waals surface area contributed by atoms with Crippen LogP contribution in [0, 0.1) is 0 Å². The molecule has 5 unspecified atom stereocenters. The van der Waals surface area contributed by atoms with Crippen LogP contribution in [0.2, 0.25) is 0 Å². The Hall–Kier alpha value is -3.65. The summed E-state index contributed by atoms with van der Waals surface area (Å²) < 4.78 is 38.9. The van der Waals surface area contributed by atoms with Crippen LogP contribution in [-0.2, 0) is 23.4 Å². The van der Waals surface area contributed by atoms with Gasteiger partial charge in [0.15, 0.2) is 17.7 Å². The molecule has 5 N–H and O–H groups in total. The van der Waals surface area contributed by atoms with Crippen LogP contribution in [0.3, 0.4) is 0 Å². The molecule has 0 radical (unpaired) electrons. The molecule has 4 aromatic rings. The highest BCUT2D eigenvalue weighted by Crippen LogP contribution is 2.49. The Kier molecular flexibility index (Phi) is 8.46. The molecule has 1 fully saturated rings. The molecule has 5 rings (SSSR count).